The van der Waals surface area contributed by atoms with Gasteiger partial charge >= 0.3 is 0 Å². The lowest BCUT2D eigenvalue weighted by Crippen LogP contribution is -2.50. The predicted molar refractivity (Wildman–Crippen MR) is 66.4 cm³/mol. The molecule has 106 valence electrons. The summed E-state index contributed by atoms with van der Waals surface area (Å²) in [6, 6.07) is 0. The van der Waals surface area contributed by atoms with Crippen molar-refractivity contribution < 1.29 is 22.8 Å². The smallest absolute Gasteiger partial charge is 0.264 e. The van der Waals surface area contributed by atoms with Crippen LogP contribution in [0.5, 0.6) is 0 Å². The summed E-state index contributed by atoms with van der Waals surface area (Å²) in [5.41, 5.74) is 2.21. The summed E-state index contributed by atoms with van der Waals surface area (Å²) in [6.45, 7) is 3.64. The van der Waals surface area contributed by atoms with Crippen molar-refractivity contribution in [2.24, 2.45) is 0 Å². The van der Waals surface area contributed by atoms with Gasteiger partial charge in [0.05, 0.1) is 0 Å². The Morgan fingerprint density at radius 3 is 2.61 bits per heavy atom. The third-order valence-electron chi connectivity index (χ3n) is 3.39. The average Bonchev–Trinajstić information content (AvgIpc) is 2.34. The Morgan fingerprint density at radius 2 is 2.17 bits per heavy atom. The van der Waals surface area contributed by atoms with E-state index in [1.165, 1.54) is 6.92 Å². The molecule has 0 aliphatic carbocycles. The standard InChI is InChI=1S/C11H21NO5S/c1-4-11(2,18(3,14)15)10(13)12-17-9-7-5-6-8-16-9/h9H,4-8H2,1-3H3,(H,12,13). The van der Waals surface area contributed by atoms with E-state index in [0.29, 0.717) is 13.0 Å². The maximum Gasteiger partial charge on any atom is 0.264 e. The second kappa shape index (κ2) is 5.99. The quantitative estimate of drug-likeness (QED) is 0.752. The summed E-state index contributed by atoms with van der Waals surface area (Å²) in [6.07, 6.45) is 3.40. The first-order valence-electron chi connectivity index (χ1n) is 6.08. The lowest BCUT2D eigenvalue weighted by Gasteiger charge is -2.27. The molecule has 1 aliphatic heterocycles. The van der Waals surface area contributed by atoms with E-state index in [0.717, 1.165) is 19.1 Å². The van der Waals surface area contributed by atoms with Crippen molar-refractivity contribution >= 4 is 15.7 Å². The molecule has 0 bridgehead atoms. The van der Waals surface area contributed by atoms with Gasteiger partial charge in [-0.1, -0.05) is 6.92 Å². The van der Waals surface area contributed by atoms with Gasteiger partial charge in [-0.3, -0.25) is 4.79 Å². The predicted octanol–water partition coefficient (Wildman–Crippen LogP) is 0.774. The molecule has 1 aliphatic rings. The van der Waals surface area contributed by atoms with Crippen molar-refractivity contribution in [1.82, 2.24) is 5.48 Å². The lowest BCUT2D eigenvalue weighted by atomic mass is 10.1. The van der Waals surface area contributed by atoms with Crippen molar-refractivity contribution in [3.63, 3.8) is 0 Å². The Kier molecular flexibility index (Phi) is 5.12. The molecule has 0 aromatic rings. The van der Waals surface area contributed by atoms with Gasteiger partial charge in [-0.2, -0.15) is 0 Å². The van der Waals surface area contributed by atoms with Crippen LogP contribution in [-0.4, -0.2) is 38.2 Å². The highest BCUT2D eigenvalue weighted by atomic mass is 32.2. The van der Waals surface area contributed by atoms with Crippen molar-refractivity contribution in [3.8, 4) is 0 Å². The highest BCUT2D eigenvalue weighted by molar-refractivity contribution is 7.92. The number of hydrogen-bond acceptors (Lipinski definition) is 5. The number of hydroxylamine groups is 1. The Bertz CT molecular complexity index is 388. The largest absolute Gasteiger partial charge is 0.350 e. The molecule has 0 aromatic heterocycles. The molecule has 1 fully saturated rings. The van der Waals surface area contributed by atoms with Gasteiger partial charge in [0.1, 0.15) is 4.75 Å². The number of nitrogens with one attached hydrogen (secondary N) is 1. The first-order chi connectivity index (χ1) is 8.31. The minimum Gasteiger partial charge on any atom is -0.350 e. The van der Waals surface area contributed by atoms with Gasteiger partial charge in [-0.25, -0.2) is 18.7 Å². The molecule has 1 amide bonds. The Hall–Kier alpha value is -0.660. The minimum atomic E-state index is -3.50. The van der Waals surface area contributed by atoms with Gasteiger partial charge < -0.3 is 4.74 Å². The van der Waals surface area contributed by atoms with Gasteiger partial charge in [0.2, 0.25) is 0 Å². The number of sulfone groups is 1. The molecule has 1 N–H and O–H groups in total. The first-order valence-corrected chi connectivity index (χ1v) is 7.97. The van der Waals surface area contributed by atoms with Gasteiger partial charge in [0.25, 0.3) is 5.91 Å². The third kappa shape index (κ3) is 3.43. The summed E-state index contributed by atoms with van der Waals surface area (Å²) >= 11 is 0. The molecule has 0 radical (unpaired) electrons. The number of rotatable bonds is 5. The molecule has 1 heterocycles. The highest BCUT2D eigenvalue weighted by Gasteiger charge is 2.42. The monoisotopic (exact) mass is 279 g/mol. The minimum absolute atomic E-state index is 0.187. The maximum absolute atomic E-state index is 11.9. The van der Waals surface area contributed by atoms with Gasteiger partial charge in [-0.15, -0.1) is 0 Å². The summed E-state index contributed by atoms with van der Waals surface area (Å²) < 4.78 is 27.1. The van der Waals surface area contributed by atoms with E-state index in [1.807, 2.05) is 0 Å². The molecule has 2 atom stereocenters. The molecule has 0 saturated carbocycles. The molecule has 0 spiro atoms. The van der Waals surface area contributed by atoms with Crippen LogP contribution in [0.25, 0.3) is 0 Å². The Labute approximate surface area is 108 Å². The van der Waals surface area contributed by atoms with Crippen molar-refractivity contribution in [2.75, 3.05) is 12.9 Å². The van der Waals surface area contributed by atoms with Crippen LogP contribution < -0.4 is 5.48 Å². The summed E-state index contributed by atoms with van der Waals surface area (Å²) in [7, 11) is -3.50. The molecule has 18 heavy (non-hydrogen) atoms. The van der Waals surface area contributed by atoms with E-state index in [-0.39, 0.29) is 6.42 Å². The highest BCUT2D eigenvalue weighted by Crippen LogP contribution is 2.21. The number of carbonyl (C=O) groups excluding carboxylic acids is 1. The molecular weight excluding hydrogens is 258 g/mol. The zero-order valence-corrected chi connectivity index (χ0v) is 11.9. The molecule has 2 unspecified atom stereocenters. The van der Waals surface area contributed by atoms with Crippen LogP contribution in [0.2, 0.25) is 0 Å². The van der Waals surface area contributed by atoms with Gasteiger partial charge in [-0.05, 0) is 26.2 Å². The third-order valence-corrected chi connectivity index (χ3v) is 5.51. The fourth-order valence-electron chi connectivity index (χ4n) is 1.62. The lowest BCUT2D eigenvalue weighted by molar-refractivity contribution is -0.201. The molecule has 0 aromatic carbocycles. The number of hydrogen-bond donors (Lipinski definition) is 1. The fourth-order valence-corrected chi connectivity index (χ4v) is 2.53. The van der Waals surface area contributed by atoms with Crippen LogP contribution >= 0.6 is 0 Å². The van der Waals surface area contributed by atoms with E-state index < -0.39 is 26.8 Å². The van der Waals surface area contributed by atoms with E-state index in [4.69, 9.17) is 9.57 Å². The molecule has 7 heteroatoms. The van der Waals surface area contributed by atoms with Gasteiger partial charge in [0.15, 0.2) is 16.1 Å². The molecular formula is C11H21NO5S. The Morgan fingerprint density at radius 1 is 1.50 bits per heavy atom. The maximum atomic E-state index is 11.9. The number of ether oxygens (including phenoxy) is 1. The Balaban J connectivity index is 2.58. The first kappa shape index (κ1) is 15.4. The second-order valence-electron chi connectivity index (χ2n) is 4.70. The van der Waals surface area contributed by atoms with Crippen LogP contribution in [0.4, 0.5) is 0 Å². The zero-order valence-electron chi connectivity index (χ0n) is 11.1. The van der Waals surface area contributed by atoms with E-state index in [9.17, 15) is 13.2 Å². The number of carbonyl (C=O) groups is 1. The number of amides is 1. The van der Waals surface area contributed by atoms with E-state index >= 15 is 0 Å². The SMILES string of the molecule is CCC(C)(C(=O)NOC1CCCCO1)S(C)(=O)=O. The van der Waals surface area contributed by atoms with Crippen LogP contribution in [0.3, 0.4) is 0 Å². The van der Waals surface area contributed by atoms with Crippen LogP contribution in [0, 0.1) is 0 Å². The van der Waals surface area contributed by atoms with Crippen LogP contribution in [0.1, 0.15) is 39.5 Å². The van der Waals surface area contributed by atoms with Crippen molar-refractivity contribution in [1.29, 1.82) is 0 Å². The fraction of sp³-hybridized carbons (Fsp3) is 0.909. The van der Waals surface area contributed by atoms with Crippen molar-refractivity contribution in [2.45, 2.75) is 50.6 Å². The van der Waals surface area contributed by atoms with E-state index in [2.05, 4.69) is 5.48 Å². The van der Waals surface area contributed by atoms with Crippen molar-refractivity contribution in [3.05, 3.63) is 0 Å². The summed E-state index contributed by atoms with van der Waals surface area (Å²) in [4.78, 5) is 17.0. The summed E-state index contributed by atoms with van der Waals surface area (Å²) in [5, 5.41) is 0. The zero-order chi connectivity index (χ0) is 13.8. The van der Waals surface area contributed by atoms with Gasteiger partial charge in [0, 0.05) is 19.3 Å². The topological polar surface area (TPSA) is 81.7 Å². The van der Waals surface area contributed by atoms with Crippen LogP contribution in [0.15, 0.2) is 0 Å². The normalized spacial score (nSPS) is 24.3. The molecule has 1 saturated heterocycles. The van der Waals surface area contributed by atoms with Crippen LogP contribution in [-0.2, 0) is 24.2 Å². The van der Waals surface area contributed by atoms with E-state index in [1.54, 1.807) is 6.92 Å². The molecule has 6 nitrogen and oxygen atoms in total. The second-order valence-corrected chi connectivity index (χ2v) is 7.15. The summed E-state index contributed by atoms with van der Waals surface area (Å²) in [5.74, 6) is -0.651. The average molecular weight is 279 g/mol. The molecule has 1 rings (SSSR count).